The molecule has 0 spiro atoms. The zero-order chi connectivity index (χ0) is 16.9. The zero-order valence-electron chi connectivity index (χ0n) is 12.9. The molecule has 1 N–H and O–H groups in total. The molecule has 3 aromatic rings. The molecule has 7 nitrogen and oxygen atoms in total. The number of anilines is 1. The van der Waals surface area contributed by atoms with Crippen molar-refractivity contribution in [1.82, 2.24) is 25.1 Å². The molecule has 24 heavy (non-hydrogen) atoms. The standard InChI is InChI=1S/C16H15BrN6O/c1-22(10-12-4-2-3-5-15(12)17)16(24)19-13-6-8-14(9-7-13)23-11-18-20-21-23/h2-9,11H,10H2,1H3,(H,19,24). The monoisotopic (exact) mass is 386 g/mol. The molecule has 0 saturated heterocycles. The smallest absolute Gasteiger partial charge is 0.321 e. The van der Waals surface area contributed by atoms with E-state index in [0.29, 0.717) is 12.2 Å². The fourth-order valence-corrected chi connectivity index (χ4v) is 2.56. The van der Waals surface area contributed by atoms with Gasteiger partial charge in [-0.2, -0.15) is 0 Å². The number of rotatable bonds is 4. The van der Waals surface area contributed by atoms with Gasteiger partial charge in [0.05, 0.1) is 5.69 Å². The van der Waals surface area contributed by atoms with Crippen LogP contribution in [0.2, 0.25) is 0 Å². The molecule has 0 fully saturated rings. The van der Waals surface area contributed by atoms with Crippen molar-refractivity contribution in [2.75, 3.05) is 12.4 Å². The number of hydrogen-bond donors (Lipinski definition) is 1. The van der Waals surface area contributed by atoms with Crippen LogP contribution in [0.3, 0.4) is 0 Å². The van der Waals surface area contributed by atoms with Crippen molar-refractivity contribution < 1.29 is 4.79 Å². The lowest BCUT2D eigenvalue weighted by atomic mass is 10.2. The van der Waals surface area contributed by atoms with E-state index in [0.717, 1.165) is 15.7 Å². The summed E-state index contributed by atoms with van der Waals surface area (Å²) in [6.07, 6.45) is 1.51. The maximum Gasteiger partial charge on any atom is 0.321 e. The van der Waals surface area contributed by atoms with E-state index < -0.39 is 0 Å². The van der Waals surface area contributed by atoms with Gasteiger partial charge in [0.1, 0.15) is 6.33 Å². The number of halogens is 1. The van der Waals surface area contributed by atoms with Crippen LogP contribution in [-0.4, -0.2) is 38.2 Å². The molecule has 8 heteroatoms. The van der Waals surface area contributed by atoms with Gasteiger partial charge < -0.3 is 10.2 Å². The molecule has 3 rings (SSSR count). The first kappa shape index (κ1) is 16.1. The highest BCUT2D eigenvalue weighted by Crippen LogP contribution is 2.18. The molecule has 0 saturated carbocycles. The number of nitrogens with one attached hydrogen (secondary N) is 1. The number of benzene rings is 2. The van der Waals surface area contributed by atoms with Crippen LogP contribution < -0.4 is 5.32 Å². The van der Waals surface area contributed by atoms with Gasteiger partial charge in [0.25, 0.3) is 0 Å². The highest BCUT2D eigenvalue weighted by molar-refractivity contribution is 9.10. The molecule has 0 aliphatic heterocycles. The van der Waals surface area contributed by atoms with Crippen LogP contribution in [0.4, 0.5) is 10.5 Å². The second-order valence-corrected chi connectivity index (χ2v) is 6.03. The number of hydrogen-bond acceptors (Lipinski definition) is 4. The van der Waals surface area contributed by atoms with E-state index in [9.17, 15) is 4.79 Å². The maximum atomic E-state index is 12.3. The van der Waals surface area contributed by atoms with Crippen LogP contribution in [-0.2, 0) is 6.54 Å². The van der Waals surface area contributed by atoms with Crippen LogP contribution in [0, 0.1) is 0 Å². The maximum absolute atomic E-state index is 12.3. The Kier molecular flexibility index (Phi) is 4.85. The van der Waals surface area contributed by atoms with Gasteiger partial charge in [0.15, 0.2) is 0 Å². The van der Waals surface area contributed by atoms with Gasteiger partial charge in [0, 0.05) is 23.8 Å². The number of amides is 2. The largest absolute Gasteiger partial charge is 0.323 e. The summed E-state index contributed by atoms with van der Waals surface area (Å²) in [6, 6.07) is 14.9. The molecule has 0 unspecified atom stereocenters. The molecular weight excluding hydrogens is 372 g/mol. The summed E-state index contributed by atoms with van der Waals surface area (Å²) < 4.78 is 2.53. The molecular formula is C16H15BrN6O. The number of aromatic nitrogens is 4. The van der Waals surface area contributed by atoms with Crippen molar-refractivity contribution in [3.8, 4) is 5.69 Å². The molecule has 0 aliphatic rings. The summed E-state index contributed by atoms with van der Waals surface area (Å²) in [4.78, 5) is 13.9. The minimum atomic E-state index is -0.180. The average molecular weight is 387 g/mol. The van der Waals surface area contributed by atoms with Crippen LogP contribution in [0.5, 0.6) is 0 Å². The van der Waals surface area contributed by atoms with Gasteiger partial charge in [-0.25, -0.2) is 9.48 Å². The van der Waals surface area contributed by atoms with Gasteiger partial charge in [-0.15, -0.1) is 5.10 Å². The molecule has 0 atom stereocenters. The number of nitrogens with zero attached hydrogens (tertiary/aromatic N) is 5. The van der Waals surface area contributed by atoms with Crippen molar-refractivity contribution in [2.24, 2.45) is 0 Å². The van der Waals surface area contributed by atoms with Crippen LogP contribution >= 0.6 is 15.9 Å². The fourth-order valence-electron chi connectivity index (χ4n) is 2.15. The second-order valence-electron chi connectivity index (χ2n) is 5.18. The Morgan fingerprint density at radius 2 is 1.96 bits per heavy atom. The van der Waals surface area contributed by atoms with E-state index in [4.69, 9.17) is 0 Å². The van der Waals surface area contributed by atoms with Crippen molar-refractivity contribution >= 4 is 27.6 Å². The Morgan fingerprint density at radius 3 is 2.62 bits per heavy atom. The van der Waals surface area contributed by atoms with E-state index in [1.54, 1.807) is 28.8 Å². The minimum absolute atomic E-state index is 0.180. The average Bonchev–Trinajstić information content (AvgIpc) is 3.12. The molecule has 1 aromatic heterocycles. The topological polar surface area (TPSA) is 75.9 Å². The van der Waals surface area contributed by atoms with Gasteiger partial charge in [-0.1, -0.05) is 34.1 Å². The summed E-state index contributed by atoms with van der Waals surface area (Å²) in [5, 5.41) is 13.9. The number of carbonyl (C=O) groups excluding carboxylic acids is 1. The molecule has 122 valence electrons. The van der Waals surface area contributed by atoms with E-state index >= 15 is 0 Å². The van der Waals surface area contributed by atoms with E-state index in [-0.39, 0.29) is 6.03 Å². The molecule has 2 amide bonds. The van der Waals surface area contributed by atoms with Gasteiger partial charge >= 0.3 is 6.03 Å². The lowest BCUT2D eigenvalue weighted by Gasteiger charge is -2.19. The first-order valence-electron chi connectivity index (χ1n) is 7.22. The van der Waals surface area contributed by atoms with Gasteiger partial charge in [0.2, 0.25) is 0 Å². The van der Waals surface area contributed by atoms with Crippen molar-refractivity contribution in [1.29, 1.82) is 0 Å². The van der Waals surface area contributed by atoms with Crippen LogP contribution in [0.15, 0.2) is 59.3 Å². The SMILES string of the molecule is CN(Cc1ccccc1Br)C(=O)Nc1ccc(-n2cnnn2)cc1. The predicted molar refractivity (Wildman–Crippen MR) is 93.8 cm³/mol. The van der Waals surface area contributed by atoms with Crippen molar-refractivity contribution in [3.05, 3.63) is 64.9 Å². The van der Waals surface area contributed by atoms with E-state index in [1.807, 2.05) is 36.4 Å². The Labute approximate surface area is 147 Å². The molecule has 2 aromatic carbocycles. The van der Waals surface area contributed by atoms with Gasteiger partial charge in [-0.05, 0) is 46.3 Å². The Hall–Kier alpha value is -2.74. The summed E-state index contributed by atoms with van der Waals surface area (Å²) in [5.74, 6) is 0. The first-order valence-corrected chi connectivity index (χ1v) is 8.02. The second kappa shape index (κ2) is 7.22. The lowest BCUT2D eigenvalue weighted by molar-refractivity contribution is 0.220. The lowest BCUT2D eigenvalue weighted by Crippen LogP contribution is -2.30. The molecule has 0 bridgehead atoms. The molecule has 0 aliphatic carbocycles. The Balaban J connectivity index is 1.63. The van der Waals surface area contributed by atoms with E-state index in [2.05, 4.69) is 36.8 Å². The Bertz CT molecular complexity index is 819. The van der Waals surface area contributed by atoms with Crippen molar-refractivity contribution in [3.63, 3.8) is 0 Å². The molecule has 1 heterocycles. The minimum Gasteiger partial charge on any atom is -0.323 e. The van der Waals surface area contributed by atoms with Crippen molar-refractivity contribution in [2.45, 2.75) is 6.54 Å². The Morgan fingerprint density at radius 1 is 1.21 bits per heavy atom. The number of tetrazole rings is 1. The number of urea groups is 1. The van der Waals surface area contributed by atoms with Crippen LogP contribution in [0.1, 0.15) is 5.56 Å². The highest BCUT2D eigenvalue weighted by Gasteiger charge is 2.11. The summed E-state index contributed by atoms with van der Waals surface area (Å²) in [5.41, 5.74) is 2.57. The number of carbonyl (C=O) groups is 1. The fraction of sp³-hybridized carbons (Fsp3) is 0.125. The third-order valence-corrected chi connectivity index (χ3v) is 4.22. The zero-order valence-corrected chi connectivity index (χ0v) is 14.5. The third kappa shape index (κ3) is 3.77. The molecule has 0 radical (unpaired) electrons. The third-order valence-electron chi connectivity index (χ3n) is 3.44. The summed E-state index contributed by atoms with van der Waals surface area (Å²) in [6.45, 7) is 0.510. The van der Waals surface area contributed by atoms with E-state index in [1.165, 1.54) is 6.33 Å². The predicted octanol–water partition coefficient (Wildman–Crippen LogP) is 3.09. The summed E-state index contributed by atoms with van der Waals surface area (Å²) in [7, 11) is 1.75. The first-order chi connectivity index (χ1) is 11.6. The quantitative estimate of drug-likeness (QED) is 0.747. The summed E-state index contributed by atoms with van der Waals surface area (Å²) >= 11 is 3.49. The van der Waals surface area contributed by atoms with Gasteiger partial charge in [-0.3, -0.25) is 0 Å². The van der Waals surface area contributed by atoms with Crippen LogP contribution in [0.25, 0.3) is 5.69 Å². The highest BCUT2D eigenvalue weighted by atomic mass is 79.9. The normalized spacial score (nSPS) is 10.4.